The molecule has 1 saturated heterocycles. The molecule has 1 aliphatic heterocycles. The number of hydrogen-bond acceptors (Lipinski definition) is 2. The summed E-state index contributed by atoms with van der Waals surface area (Å²) in [5.41, 5.74) is 0. The van der Waals surface area contributed by atoms with Crippen LogP contribution in [0.25, 0.3) is 0 Å². The average Bonchev–Trinajstić information content (AvgIpc) is 2.90. The molecular weight excluding hydrogens is 212 g/mol. The Morgan fingerprint density at radius 1 is 1.18 bits per heavy atom. The summed E-state index contributed by atoms with van der Waals surface area (Å²) in [6.07, 6.45) is 14.6. The molecule has 0 bridgehead atoms. The summed E-state index contributed by atoms with van der Waals surface area (Å²) in [5, 5.41) is 0. The predicted molar refractivity (Wildman–Crippen MR) is 67.0 cm³/mol. The van der Waals surface area contributed by atoms with Gasteiger partial charge in [-0.2, -0.15) is 0 Å². The van der Waals surface area contributed by atoms with Crippen LogP contribution in [-0.2, 0) is 4.74 Å². The van der Waals surface area contributed by atoms with Crippen molar-refractivity contribution in [2.24, 2.45) is 0 Å². The second-order valence-electron chi connectivity index (χ2n) is 5.02. The van der Waals surface area contributed by atoms with E-state index in [0.717, 1.165) is 32.5 Å². The van der Waals surface area contributed by atoms with Crippen molar-refractivity contribution in [2.75, 3.05) is 13.2 Å². The van der Waals surface area contributed by atoms with Crippen molar-refractivity contribution >= 4 is 0 Å². The van der Waals surface area contributed by atoms with Gasteiger partial charge in [0.1, 0.15) is 5.82 Å². The van der Waals surface area contributed by atoms with Crippen LogP contribution >= 0.6 is 0 Å². The zero-order chi connectivity index (χ0) is 11.5. The second-order valence-corrected chi connectivity index (χ2v) is 5.02. The number of rotatable bonds is 2. The highest BCUT2D eigenvalue weighted by Gasteiger charge is 2.23. The maximum absolute atomic E-state index is 5.44. The summed E-state index contributed by atoms with van der Waals surface area (Å²) in [4.78, 5) is 4.60. The Bertz CT molecular complexity index is 391. The first kappa shape index (κ1) is 11.0. The Hall–Kier alpha value is -1.09. The van der Waals surface area contributed by atoms with E-state index in [1.807, 2.05) is 6.20 Å². The fourth-order valence-electron chi connectivity index (χ4n) is 2.94. The molecule has 17 heavy (non-hydrogen) atoms. The molecule has 1 unspecified atom stereocenters. The van der Waals surface area contributed by atoms with E-state index in [1.54, 1.807) is 0 Å². The van der Waals surface area contributed by atoms with Gasteiger partial charge in [-0.1, -0.05) is 12.2 Å². The molecule has 1 aliphatic carbocycles. The molecule has 1 fully saturated rings. The minimum Gasteiger partial charge on any atom is -0.381 e. The Labute approximate surface area is 102 Å². The van der Waals surface area contributed by atoms with Crippen LogP contribution in [-0.4, -0.2) is 22.8 Å². The van der Waals surface area contributed by atoms with Gasteiger partial charge in [-0.15, -0.1) is 0 Å². The van der Waals surface area contributed by atoms with E-state index in [4.69, 9.17) is 4.74 Å². The molecule has 0 spiro atoms. The van der Waals surface area contributed by atoms with Gasteiger partial charge >= 0.3 is 0 Å². The first-order chi connectivity index (χ1) is 8.45. The van der Waals surface area contributed by atoms with Crippen LogP contribution < -0.4 is 0 Å². The van der Waals surface area contributed by atoms with E-state index in [2.05, 4.69) is 27.9 Å². The zero-order valence-electron chi connectivity index (χ0n) is 10.2. The van der Waals surface area contributed by atoms with Crippen molar-refractivity contribution in [3.8, 4) is 0 Å². The third-order valence-corrected chi connectivity index (χ3v) is 3.92. The van der Waals surface area contributed by atoms with Gasteiger partial charge in [0.05, 0.1) is 0 Å². The normalized spacial score (nSPS) is 26.2. The molecule has 3 rings (SSSR count). The van der Waals surface area contributed by atoms with E-state index in [1.165, 1.54) is 18.7 Å². The van der Waals surface area contributed by atoms with Crippen LogP contribution in [0.4, 0.5) is 0 Å². The number of nitrogens with zero attached hydrogens (tertiary/aromatic N) is 2. The van der Waals surface area contributed by atoms with Crippen molar-refractivity contribution in [3.63, 3.8) is 0 Å². The third kappa shape index (κ3) is 2.29. The van der Waals surface area contributed by atoms with Crippen molar-refractivity contribution in [1.82, 2.24) is 9.55 Å². The monoisotopic (exact) mass is 232 g/mol. The summed E-state index contributed by atoms with van der Waals surface area (Å²) < 4.78 is 7.85. The molecule has 0 radical (unpaired) electrons. The van der Waals surface area contributed by atoms with Crippen molar-refractivity contribution in [2.45, 2.75) is 44.1 Å². The number of ether oxygens (including phenoxy) is 1. The zero-order valence-corrected chi connectivity index (χ0v) is 10.2. The van der Waals surface area contributed by atoms with Gasteiger partial charge in [0.15, 0.2) is 0 Å². The van der Waals surface area contributed by atoms with Crippen molar-refractivity contribution in [3.05, 3.63) is 30.4 Å². The van der Waals surface area contributed by atoms with Crippen molar-refractivity contribution in [1.29, 1.82) is 0 Å². The minimum atomic E-state index is 0.604. The van der Waals surface area contributed by atoms with Gasteiger partial charge in [0, 0.05) is 37.6 Å². The van der Waals surface area contributed by atoms with E-state index >= 15 is 0 Å². The summed E-state index contributed by atoms with van der Waals surface area (Å²) in [6.45, 7) is 1.79. The quantitative estimate of drug-likeness (QED) is 0.733. The molecule has 3 heteroatoms. The molecule has 2 aliphatic rings. The average molecular weight is 232 g/mol. The standard InChI is InChI=1S/C14H20N2O/c1-2-4-12(5-3-1)14-15-8-9-16(14)13-6-10-17-11-7-13/h1-2,8-9,12-13H,3-7,10-11H2. The number of aromatic nitrogens is 2. The summed E-state index contributed by atoms with van der Waals surface area (Å²) >= 11 is 0. The number of hydrogen-bond donors (Lipinski definition) is 0. The van der Waals surface area contributed by atoms with E-state index in [0.29, 0.717) is 12.0 Å². The minimum absolute atomic E-state index is 0.604. The highest BCUT2D eigenvalue weighted by atomic mass is 16.5. The molecule has 1 aromatic rings. The highest BCUT2D eigenvalue weighted by Crippen LogP contribution is 2.31. The topological polar surface area (TPSA) is 27.1 Å². The van der Waals surface area contributed by atoms with Crippen LogP contribution in [0, 0.1) is 0 Å². The fraction of sp³-hybridized carbons (Fsp3) is 0.643. The molecule has 1 aromatic heterocycles. The smallest absolute Gasteiger partial charge is 0.112 e. The maximum Gasteiger partial charge on any atom is 0.112 e. The SMILES string of the molecule is C1=CCC(c2nccn2C2CCOCC2)CC1. The number of imidazole rings is 1. The summed E-state index contributed by atoms with van der Waals surface area (Å²) in [6, 6.07) is 0.604. The van der Waals surface area contributed by atoms with Crippen LogP contribution in [0.5, 0.6) is 0 Å². The fourth-order valence-corrected chi connectivity index (χ4v) is 2.94. The Balaban J connectivity index is 1.80. The Kier molecular flexibility index (Phi) is 3.27. The molecule has 3 nitrogen and oxygen atoms in total. The molecular formula is C14H20N2O. The van der Waals surface area contributed by atoms with E-state index in [-0.39, 0.29) is 0 Å². The van der Waals surface area contributed by atoms with E-state index in [9.17, 15) is 0 Å². The molecule has 2 heterocycles. The van der Waals surface area contributed by atoms with Gasteiger partial charge in [0.25, 0.3) is 0 Å². The van der Waals surface area contributed by atoms with Crippen molar-refractivity contribution < 1.29 is 4.74 Å². The predicted octanol–water partition coefficient (Wildman–Crippen LogP) is 3.06. The molecule has 0 amide bonds. The lowest BCUT2D eigenvalue weighted by molar-refractivity contribution is 0.0684. The van der Waals surface area contributed by atoms with Gasteiger partial charge in [-0.05, 0) is 32.1 Å². The number of allylic oxidation sites excluding steroid dienone is 2. The van der Waals surface area contributed by atoms with Crippen LogP contribution in [0.3, 0.4) is 0 Å². The first-order valence-electron chi connectivity index (χ1n) is 6.70. The molecule has 92 valence electrons. The maximum atomic E-state index is 5.44. The Morgan fingerprint density at radius 2 is 2.06 bits per heavy atom. The van der Waals surface area contributed by atoms with Gasteiger partial charge in [-0.3, -0.25) is 0 Å². The molecule has 1 atom stereocenters. The van der Waals surface area contributed by atoms with Gasteiger partial charge in [-0.25, -0.2) is 4.98 Å². The highest BCUT2D eigenvalue weighted by molar-refractivity contribution is 5.08. The van der Waals surface area contributed by atoms with E-state index < -0.39 is 0 Å². The lowest BCUT2D eigenvalue weighted by atomic mass is 9.93. The molecule has 0 N–H and O–H groups in total. The van der Waals surface area contributed by atoms with Crippen LogP contribution in [0.15, 0.2) is 24.5 Å². The van der Waals surface area contributed by atoms with Crippen LogP contribution in [0.1, 0.15) is 49.9 Å². The largest absolute Gasteiger partial charge is 0.381 e. The molecule has 0 aromatic carbocycles. The van der Waals surface area contributed by atoms with Crippen LogP contribution in [0.2, 0.25) is 0 Å². The lowest BCUT2D eigenvalue weighted by Crippen LogP contribution is -2.22. The lowest BCUT2D eigenvalue weighted by Gasteiger charge is -2.27. The first-order valence-corrected chi connectivity index (χ1v) is 6.70. The third-order valence-electron chi connectivity index (χ3n) is 3.92. The van der Waals surface area contributed by atoms with Gasteiger partial charge < -0.3 is 9.30 Å². The summed E-state index contributed by atoms with van der Waals surface area (Å²) in [5.74, 6) is 1.92. The summed E-state index contributed by atoms with van der Waals surface area (Å²) in [7, 11) is 0. The Morgan fingerprint density at radius 3 is 2.82 bits per heavy atom. The molecule has 0 saturated carbocycles. The van der Waals surface area contributed by atoms with Gasteiger partial charge in [0.2, 0.25) is 0 Å². The second kappa shape index (κ2) is 5.05.